The lowest BCUT2D eigenvalue weighted by Crippen LogP contribution is -2.26. The summed E-state index contributed by atoms with van der Waals surface area (Å²) >= 11 is 0. The predicted molar refractivity (Wildman–Crippen MR) is 48.0 cm³/mol. The fraction of sp³-hybridized carbons (Fsp3) is 0.667. The van der Waals surface area contributed by atoms with E-state index in [4.69, 9.17) is 0 Å². The Kier molecular flexibility index (Phi) is 1.68. The van der Waals surface area contributed by atoms with Crippen LogP contribution in [0.1, 0.15) is 17.0 Å². The molecule has 0 saturated heterocycles. The van der Waals surface area contributed by atoms with Crippen LogP contribution in [0.2, 0.25) is 0 Å². The molecule has 2 heterocycles. The molecule has 3 nitrogen and oxygen atoms in total. The van der Waals surface area contributed by atoms with Gasteiger partial charge in [0.15, 0.2) is 0 Å². The van der Waals surface area contributed by atoms with Crippen LogP contribution >= 0.6 is 0 Å². The van der Waals surface area contributed by atoms with E-state index < -0.39 is 0 Å². The van der Waals surface area contributed by atoms with Crippen molar-refractivity contribution < 1.29 is 0 Å². The van der Waals surface area contributed by atoms with Crippen molar-refractivity contribution in [3.63, 3.8) is 0 Å². The fourth-order valence-electron chi connectivity index (χ4n) is 1.77. The third kappa shape index (κ3) is 1.05. The van der Waals surface area contributed by atoms with Gasteiger partial charge < -0.3 is 4.90 Å². The predicted octanol–water partition coefficient (Wildman–Crippen LogP) is 0.716. The minimum absolute atomic E-state index is 1.06. The molecule has 66 valence electrons. The van der Waals surface area contributed by atoms with E-state index in [1.165, 1.54) is 17.0 Å². The Labute approximate surface area is 73.0 Å². The molecule has 0 spiro atoms. The molecule has 3 heteroatoms. The molecular weight excluding hydrogens is 150 g/mol. The van der Waals surface area contributed by atoms with Crippen LogP contribution in [0.3, 0.4) is 0 Å². The number of aromatic nitrogens is 2. The number of hydrogen-bond donors (Lipinski definition) is 0. The van der Waals surface area contributed by atoms with Crippen molar-refractivity contribution in [2.24, 2.45) is 7.05 Å². The number of hydrogen-bond acceptors (Lipinski definition) is 2. The zero-order valence-corrected chi connectivity index (χ0v) is 7.96. The zero-order chi connectivity index (χ0) is 8.72. The van der Waals surface area contributed by atoms with E-state index in [1.54, 1.807) is 0 Å². The Bertz CT molecular complexity index is 301. The van der Waals surface area contributed by atoms with Crippen molar-refractivity contribution in [3.05, 3.63) is 17.0 Å². The minimum atomic E-state index is 1.06. The largest absolute Gasteiger partial charge is 0.302 e. The van der Waals surface area contributed by atoms with Gasteiger partial charge in [0.25, 0.3) is 0 Å². The molecule has 1 aliphatic heterocycles. The Morgan fingerprint density at radius 3 is 2.83 bits per heavy atom. The summed E-state index contributed by atoms with van der Waals surface area (Å²) < 4.78 is 1.99. The Balaban J connectivity index is 2.44. The molecule has 12 heavy (non-hydrogen) atoms. The van der Waals surface area contributed by atoms with Crippen LogP contribution in [0.25, 0.3) is 0 Å². The van der Waals surface area contributed by atoms with E-state index in [9.17, 15) is 0 Å². The highest BCUT2D eigenvalue weighted by Gasteiger charge is 2.18. The summed E-state index contributed by atoms with van der Waals surface area (Å²) in [5.74, 6) is 0. The van der Waals surface area contributed by atoms with Crippen molar-refractivity contribution in [2.45, 2.75) is 19.9 Å². The van der Waals surface area contributed by atoms with Gasteiger partial charge >= 0.3 is 0 Å². The third-order valence-corrected chi connectivity index (χ3v) is 2.70. The molecule has 0 unspecified atom stereocenters. The van der Waals surface area contributed by atoms with Gasteiger partial charge in [-0.2, -0.15) is 5.10 Å². The molecule has 1 aromatic rings. The maximum Gasteiger partial charge on any atom is 0.0685 e. The lowest BCUT2D eigenvalue weighted by atomic mass is 10.1. The maximum atomic E-state index is 4.48. The van der Waals surface area contributed by atoms with Crippen LogP contribution in [-0.4, -0.2) is 28.3 Å². The molecule has 0 saturated carbocycles. The molecule has 0 bridgehead atoms. The first-order valence-corrected chi connectivity index (χ1v) is 4.38. The van der Waals surface area contributed by atoms with Gasteiger partial charge in [0, 0.05) is 37.8 Å². The molecule has 1 aromatic heterocycles. The summed E-state index contributed by atoms with van der Waals surface area (Å²) in [5.41, 5.74) is 4.05. The van der Waals surface area contributed by atoms with Crippen LogP contribution < -0.4 is 0 Å². The van der Waals surface area contributed by atoms with E-state index >= 15 is 0 Å². The van der Waals surface area contributed by atoms with Gasteiger partial charge in [0.2, 0.25) is 0 Å². The average Bonchev–Trinajstić information content (AvgIpc) is 2.31. The molecule has 0 aromatic carbocycles. The number of nitrogens with zero attached hydrogens (tertiary/aromatic N) is 3. The molecule has 0 atom stereocenters. The van der Waals surface area contributed by atoms with Gasteiger partial charge in [0.05, 0.1) is 5.69 Å². The quantitative estimate of drug-likeness (QED) is 0.564. The first-order chi connectivity index (χ1) is 5.68. The smallest absolute Gasteiger partial charge is 0.0685 e. The lowest BCUT2D eigenvalue weighted by Gasteiger charge is -2.21. The molecule has 2 rings (SSSR count). The zero-order valence-electron chi connectivity index (χ0n) is 7.96. The normalized spacial score (nSPS) is 17.9. The van der Waals surface area contributed by atoms with Crippen molar-refractivity contribution in [2.75, 3.05) is 13.6 Å². The van der Waals surface area contributed by atoms with E-state index in [2.05, 4.69) is 24.0 Å². The van der Waals surface area contributed by atoms with E-state index in [1.807, 2.05) is 11.7 Å². The Morgan fingerprint density at radius 1 is 1.33 bits per heavy atom. The number of aryl methyl sites for hydroxylation is 1. The maximum absolute atomic E-state index is 4.48. The summed E-state index contributed by atoms with van der Waals surface area (Å²) in [4.78, 5) is 2.34. The molecule has 0 aliphatic carbocycles. The van der Waals surface area contributed by atoms with Crippen LogP contribution in [0.15, 0.2) is 0 Å². The van der Waals surface area contributed by atoms with Gasteiger partial charge in [-0.15, -0.1) is 0 Å². The van der Waals surface area contributed by atoms with Gasteiger partial charge in [-0.3, -0.25) is 4.68 Å². The second kappa shape index (κ2) is 2.59. The highest BCUT2D eigenvalue weighted by Crippen LogP contribution is 2.19. The van der Waals surface area contributed by atoms with Gasteiger partial charge in [0.1, 0.15) is 0 Å². The summed E-state index contributed by atoms with van der Waals surface area (Å²) in [6.45, 7) is 4.35. The average molecular weight is 165 g/mol. The third-order valence-electron chi connectivity index (χ3n) is 2.70. The number of rotatable bonds is 0. The molecule has 0 radical (unpaired) electrons. The Morgan fingerprint density at radius 2 is 2.08 bits per heavy atom. The second-order valence-electron chi connectivity index (χ2n) is 3.62. The van der Waals surface area contributed by atoms with Crippen LogP contribution in [0.5, 0.6) is 0 Å². The van der Waals surface area contributed by atoms with Gasteiger partial charge in [-0.25, -0.2) is 0 Å². The monoisotopic (exact) mass is 165 g/mol. The van der Waals surface area contributed by atoms with Gasteiger partial charge in [-0.05, 0) is 14.0 Å². The SMILES string of the molecule is Cc1c2c(nn1C)CCN(C)C2. The first-order valence-electron chi connectivity index (χ1n) is 4.38. The van der Waals surface area contributed by atoms with Crippen molar-refractivity contribution in [1.82, 2.24) is 14.7 Å². The lowest BCUT2D eigenvalue weighted by molar-refractivity contribution is 0.311. The van der Waals surface area contributed by atoms with Crippen molar-refractivity contribution in [3.8, 4) is 0 Å². The highest BCUT2D eigenvalue weighted by molar-refractivity contribution is 5.27. The topological polar surface area (TPSA) is 21.1 Å². The van der Waals surface area contributed by atoms with E-state index in [0.29, 0.717) is 0 Å². The number of fused-ring (bicyclic) bond motifs is 1. The first kappa shape index (κ1) is 7.80. The van der Waals surface area contributed by atoms with E-state index in [-0.39, 0.29) is 0 Å². The molecular formula is C9H15N3. The molecule has 0 fully saturated rings. The summed E-state index contributed by atoms with van der Waals surface area (Å²) in [6, 6.07) is 0. The van der Waals surface area contributed by atoms with Gasteiger partial charge in [-0.1, -0.05) is 0 Å². The van der Waals surface area contributed by atoms with Crippen LogP contribution in [-0.2, 0) is 20.0 Å². The van der Waals surface area contributed by atoms with Crippen LogP contribution in [0.4, 0.5) is 0 Å². The summed E-state index contributed by atoms with van der Waals surface area (Å²) in [5, 5.41) is 4.48. The standard InChI is InChI=1S/C9H15N3/c1-7-8-6-11(2)5-4-9(8)10-12(7)3/h4-6H2,1-3H3. The molecule has 0 N–H and O–H groups in total. The molecule has 1 aliphatic rings. The fourth-order valence-corrected chi connectivity index (χ4v) is 1.77. The van der Waals surface area contributed by atoms with E-state index in [0.717, 1.165) is 19.5 Å². The minimum Gasteiger partial charge on any atom is -0.302 e. The summed E-state index contributed by atoms with van der Waals surface area (Å²) in [6.07, 6.45) is 1.10. The second-order valence-corrected chi connectivity index (χ2v) is 3.62. The number of likely N-dealkylation sites (N-methyl/N-ethyl adjacent to an activating group) is 1. The van der Waals surface area contributed by atoms with Crippen LogP contribution in [0, 0.1) is 6.92 Å². The molecule has 0 amide bonds. The highest BCUT2D eigenvalue weighted by atomic mass is 15.3. The van der Waals surface area contributed by atoms with Crippen molar-refractivity contribution >= 4 is 0 Å². The van der Waals surface area contributed by atoms with Crippen molar-refractivity contribution in [1.29, 1.82) is 0 Å². The Hall–Kier alpha value is -0.830. The summed E-state index contributed by atoms with van der Waals surface area (Å²) in [7, 11) is 4.18.